The molecule has 7 nitrogen and oxygen atoms in total. The van der Waals surface area contributed by atoms with Crippen molar-refractivity contribution in [3.05, 3.63) is 4.91 Å². The number of hydrogen-bond acceptors (Lipinski definition) is 3. The smallest absolute Gasteiger partial charge is 0.362 e. The van der Waals surface area contributed by atoms with Crippen LogP contribution in [0.25, 0.3) is 0 Å². The lowest BCUT2D eigenvalue weighted by molar-refractivity contribution is -0.822. The Balaban J connectivity index is 4.02. The third kappa shape index (κ3) is 6.22. The minimum absolute atomic E-state index is 0.274. The van der Waals surface area contributed by atoms with Crippen LogP contribution in [0.4, 0.5) is 0 Å². The van der Waals surface area contributed by atoms with Gasteiger partial charge in [0.1, 0.15) is 4.91 Å². The average Bonchev–Trinajstić information content (AvgIpc) is 1.82. The van der Waals surface area contributed by atoms with Crippen molar-refractivity contribution in [1.82, 2.24) is 5.43 Å². The van der Waals surface area contributed by atoms with Crippen molar-refractivity contribution < 1.29 is 10.2 Å². The molecule has 0 amide bonds. The molecule has 11 heavy (non-hydrogen) atoms. The molecule has 0 aromatic rings. The Labute approximate surface area is 63.1 Å². The molecule has 0 rings (SSSR count). The van der Waals surface area contributed by atoms with E-state index in [0.717, 1.165) is 0 Å². The van der Waals surface area contributed by atoms with Crippen molar-refractivity contribution in [3.8, 4) is 0 Å². The number of nitrogens with one attached hydrogen (secondary N) is 1. The van der Waals surface area contributed by atoms with E-state index in [1.165, 1.54) is 0 Å². The van der Waals surface area contributed by atoms with Crippen LogP contribution in [0, 0.1) is 4.91 Å². The van der Waals surface area contributed by atoms with Crippen molar-refractivity contribution in [2.45, 2.75) is 13.8 Å². The van der Waals surface area contributed by atoms with Gasteiger partial charge in [-0.2, -0.15) is 5.10 Å². The summed E-state index contributed by atoms with van der Waals surface area (Å²) in [6.45, 7) is 3.43. The maximum atomic E-state index is 9.85. The molecule has 0 aliphatic heterocycles. The van der Waals surface area contributed by atoms with Gasteiger partial charge in [0.2, 0.25) is 0 Å². The van der Waals surface area contributed by atoms with E-state index in [2.05, 4.69) is 10.2 Å². The second-order valence-electron chi connectivity index (χ2n) is 1.92. The third-order valence-corrected chi connectivity index (χ3v) is 0.568. The summed E-state index contributed by atoms with van der Waals surface area (Å²) in [5.41, 5.74) is 7.49. The van der Waals surface area contributed by atoms with Gasteiger partial charge in [0.25, 0.3) is 5.96 Å². The summed E-state index contributed by atoms with van der Waals surface area (Å²) >= 11 is 0. The summed E-state index contributed by atoms with van der Waals surface area (Å²) in [6, 6.07) is 0. The lowest BCUT2D eigenvalue weighted by Crippen LogP contribution is -2.36. The van der Waals surface area contributed by atoms with E-state index in [-0.39, 0.29) is 5.96 Å². The van der Waals surface area contributed by atoms with Crippen LogP contribution in [0.5, 0.6) is 0 Å². The van der Waals surface area contributed by atoms with E-state index < -0.39 is 5.03 Å². The standard InChI is InChI=1S/C4H10N5O2/c1-3(2)6-7-4(5)8-9(10)11/h1-2H3,(H,10,11)(H3,5,7,8)/q+1. The molecule has 0 radical (unpaired) electrons. The van der Waals surface area contributed by atoms with Crippen molar-refractivity contribution in [1.29, 1.82) is 0 Å². The van der Waals surface area contributed by atoms with Crippen LogP contribution in [0.15, 0.2) is 10.2 Å². The molecule has 0 fully saturated rings. The average molecular weight is 160 g/mol. The molecule has 0 aliphatic carbocycles. The predicted molar refractivity (Wildman–Crippen MR) is 39.0 cm³/mol. The molecule has 7 heteroatoms. The maximum Gasteiger partial charge on any atom is 0.362 e. The monoisotopic (exact) mass is 160 g/mol. The highest BCUT2D eigenvalue weighted by atomic mass is 16.7. The molecule has 62 valence electrons. The Morgan fingerprint density at radius 1 is 1.55 bits per heavy atom. The number of hydrogen-bond donors (Lipinski definition) is 3. The van der Waals surface area contributed by atoms with Crippen LogP contribution in [0.2, 0.25) is 0 Å². The first kappa shape index (κ1) is 9.34. The number of hydrazine groups is 1. The second kappa shape index (κ2) is 4.20. The van der Waals surface area contributed by atoms with Crippen LogP contribution in [-0.4, -0.2) is 21.9 Å². The van der Waals surface area contributed by atoms with Crippen molar-refractivity contribution in [2.24, 2.45) is 15.9 Å². The number of nitrogens with zero attached hydrogens (tertiary/aromatic N) is 3. The summed E-state index contributed by atoms with van der Waals surface area (Å²) in [5.74, 6) is -0.274. The van der Waals surface area contributed by atoms with E-state index in [0.29, 0.717) is 5.71 Å². The normalized spacial score (nSPS) is 10.5. The van der Waals surface area contributed by atoms with Gasteiger partial charge in [0.15, 0.2) is 0 Å². The minimum Gasteiger partial charge on any atom is -0.364 e. The molecule has 0 aromatic carbocycles. The molecule has 0 saturated carbocycles. The molecule has 0 bridgehead atoms. The predicted octanol–water partition coefficient (Wildman–Crippen LogP) is -0.630. The molecule has 0 saturated heterocycles. The van der Waals surface area contributed by atoms with Crippen molar-refractivity contribution in [3.63, 3.8) is 0 Å². The molecule has 0 unspecified atom stereocenters. The first-order valence-corrected chi connectivity index (χ1v) is 2.79. The number of rotatable bonds is 2. The van der Waals surface area contributed by atoms with E-state index in [1.807, 2.05) is 0 Å². The van der Waals surface area contributed by atoms with Gasteiger partial charge in [-0.1, -0.05) is 0 Å². The zero-order valence-electron chi connectivity index (χ0n) is 6.27. The molecule has 0 spiro atoms. The Kier molecular flexibility index (Phi) is 3.57. The van der Waals surface area contributed by atoms with E-state index in [4.69, 9.17) is 10.9 Å². The number of nitrogens with two attached hydrogens (primary N) is 1. The molecule has 0 heterocycles. The minimum atomic E-state index is -0.556. The fourth-order valence-corrected chi connectivity index (χ4v) is 0.274. The topological polar surface area (TPSA) is 103 Å². The van der Waals surface area contributed by atoms with Crippen LogP contribution in [-0.2, 0) is 0 Å². The van der Waals surface area contributed by atoms with E-state index in [9.17, 15) is 4.91 Å². The van der Waals surface area contributed by atoms with Crippen LogP contribution < -0.4 is 11.2 Å². The first-order chi connectivity index (χ1) is 5.02. The zero-order chi connectivity index (χ0) is 8.85. The van der Waals surface area contributed by atoms with Gasteiger partial charge in [-0.15, -0.1) is 5.10 Å². The van der Waals surface area contributed by atoms with Crippen molar-refractivity contribution in [2.75, 3.05) is 0 Å². The highest BCUT2D eigenvalue weighted by Gasteiger charge is 2.03. The van der Waals surface area contributed by atoms with Crippen LogP contribution in [0.3, 0.4) is 0 Å². The van der Waals surface area contributed by atoms with E-state index >= 15 is 0 Å². The summed E-state index contributed by atoms with van der Waals surface area (Å²) in [5, 5.41) is 14.3. The molecular weight excluding hydrogens is 150 g/mol. The first-order valence-electron chi connectivity index (χ1n) is 2.79. The summed E-state index contributed by atoms with van der Waals surface area (Å²) in [4.78, 5) is 9.85. The van der Waals surface area contributed by atoms with Gasteiger partial charge in [0.05, 0.1) is 0 Å². The van der Waals surface area contributed by atoms with Crippen LogP contribution >= 0.6 is 0 Å². The quantitative estimate of drug-likeness (QED) is 0.284. The van der Waals surface area contributed by atoms with Gasteiger partial charge in [-0.25, -0.2) is 5.21 Å². The molecule has 4 N–H and O–H groups in total. The molecular formula is C4H10N5O2+. The highest BCUT2D eigenvalue weighted by molar-refractivity contribution is 5.81. The maximum absolute atomic E-state index is 9.85. The largest absolute Gasteiger partial charge is 0.364 e. The Hall–Kier alpha value is -1.66. The van der Waals surface area contributed by atoms with Crippen molar-refractivity contribution >= 4 is 11.7 Å². The fraction of sp³-hybridized carbons (Fsp3) is 0.500. The lowest BCUT2D eigenvalue weighted by atomic mass is 10.5. The third-order valence-electron chi connectivity index (χ3n) is 0.568. The summed E-state index contributed by atoms with van der Waals surface area (Å²) < 4.78 is 0. The zero-order valence-corrected chi connectivity index (χ0v) is 6.27. The Morgan fingerprint density at radius 2 is 2.09 bits per heavy atom. The molecule has 0 atom stereocenters. The van der Waals surface area contributed by atoms with Crippen LogP contribution in [0.1, 0.15) is 13.8 Å². The SMILES string of the molecule is CC(C)=N/N=C(\N)N[N+](=O)O. The van der Waals surface area contributed by atoms with E-state index in [1.54, 1.807) is 19.3 Å². The summed E-state index contributed by atoms with van der Waals surface area (Å²) in [7, 11) is 0. The molecule has 0 aromatic heterocycles. The van der Waals surface area contributed by atoms with Gasteiger partial charge < -0.3 is 5.73 Å². The molecule has 0 aliphatic rings. The number of guanidine groups is 1. The van der Waals surface area contributed by atoms with Gasteiger partial charge in [-0.05, 0) is 19.3 Å². The second-order valence-corrected chi connectivity index (χ2v) is 1.92. The van der Waals surface area contributed by atoms with Gasteiger partial charge >= 0.3 is 5.03 Å². The van der Waals surface area contributed by atoms with Gasteiger partial charge in [-0.3, -0.25) is 0 Å². The Bertz CT molecular complexity index is 205. The lowest BCUT2D eigenvalue weighted by Gasteiger charge is -1.87. The Morgan fingerprint density at radius 3 is 2.45 bits per heavy atom. The highest BCUT2D eigenvalue weighted by Crippen LogP contribution is 1.75. The summed E-state index contributed by atoms with van der Waals surface area (Å²) in [6.07, 6.45) is 0. The van der Waals surface area contributed by atoms with Gasteiger partial charge in [0, 0.05) is 5.71 Å². The fourth-order valence-electron chi connectivity index (χ4n) is 0.274.